The van der Waals surface area contributed by atoms with E-state index in [1.165, 1.54) is 0 Å². The molecule has 0 radical (unpaired) electrons. The summed E-state index contributed by atoms with van der Waals surface area (Å²) < 4.78 is 10.3. The molecule has 0 amide bonds. The van der Waals surface area contributed by atoms with E-state index in [0.29, 0.717) is 19.7 Å². The van der Waals surface area contributed by atoms with Crippen LogP contribution < -0.4 is 0 Å². The average molecular weight is 263 g/mol. The molecule has 2 aromatic rings. The van der Waals surface area contributed by atoms with Crippen molar-refractivity contribution in [2.45, 2.75) is 25.7 Å². The molecule has 6 nitrogen and oxygen atoms in total. The normalized spacial score (nSPS) is 24.3. The summed E-state index contributed by atoms with van der Waals surface area (Å²) in [5.41, 5.74) is 2.61. The van der Waals surface area contributed by atoms with E-state index < -0.39 is 6.10 Å². The first-order valence-electron chi connectivity index (χ1n) is 6.50. The number of hydrogen-bond acceptors (Lipinski definition) is 6. The predicted octanol–water partition coefficient (Wildman–Crippen LogP) is 0.804. The Morgan fingerprint density at radius 1 is 1.42 bits per heavy atom. The highest BCUT2D eigenvalue weighted by Gasteiger charge is 2.31. The summed E-state index contributed by atoms with van der Waals surface area (Å²) in [6.45, 7) is 4.63. The van der Waals surface area contributed by atoms with Crippen LogP contribution in [0.3, 0.4) is 0 Å². The van der Waals surface area contributed by atoms with Gasteiger partial charge in [-0.05, 0) is 28.9 Å². The molecule has 6 heteroatoms. The molecule has 2 heterocycles. The van der Waals surface area contributed by atoms with E-state index in [-0.39, 0.29) is 6.10 Å². The molecule has 1 aromatic carbocycles. The number of benzene rings is 1. The van der Waals surface area contributed by atoms with Crippen LogP contribution in [0, 0.1) is 0 Å². The zero-order valence-corrected chi connectivity index (χ0v) is 10.8. The molecule has 0 aliphatic carbocycles. The van der Waals surface area contributed by atoms with Crippen LogP contribution in [0.5, 0.6) is 0 Å². The quantitative estimate of drug-likeness (QED) is 0.880. The molecule has 3 rings (SSSR count). The summed E-state index contributed by atoms with van der Waals surface area (Å²) in [6, 6.07) is 5.82. The predicted molar refractivity (Wildman–Crippen MR) is 68.5 cm³/mol. The third-order valence-corrected chi connectivity index (χ3v) is 3.46. The molecule has 102 valence electrons. The number of likely N-dealkylation sites (tertiary alicyclic amines) is 1. The van der Waals surface area contributed by atoms with E-state index in [9.17, 15) is 5.11 Å². The van der Waals surface area contributed by atoms with Crippen LogP contribution in [0.1, 0.15) is 12.5 Å². The molecule has 19 heavy (non-hydrogen) atoms. The Kier molecular flexibility index (Phi) is 3.46. The van der Waals surface area contributed by atoms with Gasteiger partial charge in [-0.15, -0.1) is 0 Å². The van der Waals surface area contributed by atoms with Crippen molar-refractivity contribution in [3.63, 3.8) is 0 Å². The molecule has 0 saturated carbocycles. The molecule has 1 aliphatic rings. The molecule has 1 fully saturated rings. The SMILES string of the molecule is CCO[C@H]1CN(Cc2cccc3nonc23)C[C@@H]1O. The lowest BCUT2D eigenvalue weighted by molar-refractivity contribution is -0.00244. The Bertz CT molecular complexity index is 557. The highest BCUT2D eigenvalue weighted by atomic mass is 16.6. The van der Waals surface area contributed by atoms with Gasteiger partial charge in [0.2, 0.25) is 0 Å². The Balaban J connectivity index is 1.74. The highest BCUT2D eigenvalue weighted by Crippen LogP contribution is 2.20. The van der Waals surface area contributed by atoms with Gasteiger partial charge in [0.25, 0.3) is 0 Å². The average Bonchev–Trinajstić information content (AvgIpc) is 2.98. The van der Waals surface area contributed by atoms with Crippen molar-refractivity contribution in [1.29, 1.82) is 0 Å². The van der Waals surface area contributed by atoms with E-state index in [0.717, 1.165) is 23.1 Å². The van der Waals surface area contributed by atoms with E-state index in [2.05, 4.69) is 15.2 Å². The van der Waals surface area contributed by atoms with Crippen molar-refractivity contribution in [3.8, 4) is 0 Å². The number of β-amino-alcohol motifs (C(OH)–C–C–N with tert-alkyl or cyclic N) is 1. The highest BCUT2D eigenvalue weighted by molar-refractivity contribution is 5.76. The minimum atomic E-state index is -0.422. The fraction of sp³-hybridized carbons (Fsp3) is 0.538. The second kappa shape index (κ2) is 5.24. The maximum Gasteiger partial charge on any atom is 0.139 e. The van der Waals surface area contributed by atoms with Gasteiger partial charge < -0.3 is 9.84 Å². The lowest BCUT2D eigenvalue weighted by Crippen LogP contribution is -2.26. The lowest BCUT2D eigenvalue weighted by Gasteiger charge is -2.15. The van der Waals surface area contributed by atoms with E-state index in [4.69, 9.17) is 9.37 Å². The smallest absolute Gasteiger partial charge is 0.139 e. The van der Waals surface area contributed by atoms with Gasteiger partial charge in [-0.25, -0.2) is 4.63 Å². The summed E-state index contributed by atoms with van der Waals surface area (Å²) in [7, 11) is 0. The van der Waals surface area contributed by atoms with Gasteiger partial charge in [0.15, 0.2) is 0 Å². The van der Waals surface area contributed by atoms with Crippen molar-refractivity contribution >= 4 is 11.0 Å². The summed E-state index contributed by atoms with van der Waals surface area (Å²) >= 11 is 0. The van der Waals surface area contributed by atoms with Gasteiger partial charge in [0, 0.05) is 26.2 Å². The number of nitrogens with zero attached hydrogens (tertiary/aromatic N) is 3. The Morgan fingerprint density at radius 3 is 3.16 bits per heavy atom. The lowest BCUT2D eigenvalue weighted by atomic mass is 10.2. The topological polar surface area (TPSA) is 71.6 Å². The standard InChI is InChI=1S/C13H17N3O3/c1-2-18-12-8-16(7-11(12)17)6-9-4-3-5-10-13(9)15-19-14-10/h3-5,11-12,17H,2,6-8H2,1H3/t11-,12-/m0/s1. The number of aliphatic hydroxyl groups is 1. The van der Waals surface area contributed by atoms with Crippen LogP contribution >= 0.6 is 0 Å². The summed E-state index contributed by atoms with van der Waals surface area (Å²) in [4.78, 5) is 2.16. The van der Waals surface area contributed by atoms with Gasteiger partial charge in [0.1, 0.15) is 11.0 Å². The number of hydrogen-bond donors (Lipinski definition) is 1. The Labute approximate surface area is 110 Å². The number of aliphatic hydroxyl groups excluding tert-OH is 1. The van der Waals surface area contributed by atoms with Crippen LogP contribution in [0.4, 0.5) is 0 Å². The maximum atomic E-state index is 9.93. The van der Waals surface area contributed by atoms with Crippen LogP contribution in [-0.4, -0.2) is 52.2 Å². The van der Waals surface area contributed by atoms with E-state index >= 15 is 0 Å². The molecular formula is C13H17N3O3. The summed E-state index contributed by atoms with van der Waals surface area (Å²) in [5.74, 6) is 0. The first-order valence-corrected chi connectivity index (χ1v) is 6.50. The van der Waals surface area contributed by atoms with Crippen molar-refractivity contribution in [1.82, 2.24) is 15.2 Å². The third kappa shape index (κ3) is 2.47. The van der Waals surface area contributed by atoms with E-state index in [1.807, 2.05) is 25.1 Å². The second-order valence-corrected chi connectivity index (χ2v) is 4.80. The maximum absolute atomic E-state index is 9.93. The second-order valence-electron chi connectivity index (χ2n) is 4.80. The minimum Gasteiger partial charge on any atom is -0.389 e. The van der Waals surface area contributed by atoms with E-state index in [1.54, 1.807) is 0 Å². The number of ether oxygens (including phenoxy) is 1. The molecule has 0 unspecified atom stereocenters. The largest absolute Gasteiger partial charge is 0.389 e. The molecule has 1 saturated heterocycles. The third-order valence-electron chi connectivity index (χ3n) is 3.46. The van der Waals surface area contributed by atoms with Crippen molar-refractivity contribution in [2.75, 3.05) is 19.7 Å². The van der Waals surface area contributed by atoms with Gasteiger partial charge in [-0.2, -0.15) is 0 Å². The molecular weight excluding hydrogens is 246 g/mol. The monoisotopic (exact) mass is 263 g/mol. The zero-order valence-electron chi connectivity index (χ0n) is 10.8. The van der Waals surface area contributed by atoms with Crippen LogP contribution in [0.2, 0.25) is 0 Å². The Morgan fingerprint density at radius 2 is 2.32 bits per heavy atom. The zero-order chi connectivity index (χ0) is 13.2. The Hall–Kier alpha value is -1.50. The minimum absolute atomic E-state index is 0.0976. The van der Waals surface area contributed by atoms with Crippen LogP contribution in [0.15, 0.2) is 22.8 Å². The molecule has 0 bridgehead atoms. The fourth-order valence-corrected chi connectivity index (χ4v) is 2.57. The van der Waals surface area contributed by atoms with Crippen LogP contribution in [-0.2, 0) is 11.3 Å². The molecule has 2 atom stereocenters. The molecule has 1 N–H and O–H groups in total. The van der Waals surface area contributed by atoms with Gasteiger partial charge in [-0.3, -0.25) is 4.90 Å². The molecule has 1 aromatic heterocycles. The fourth-order valence-electron chi connectivity index (χ4n) is 2.57. The number of fused-ring (bicyclic) bond motifs is 1. The number of rotatable bonds is 4. The van der Waals surface area contributed by atoms with Crippen molar-refractivity contribution in [3.05, 3.63) is 23.8 Å². The first-order chi connectivity index (χ1) is 9.28. The summed E-state index contributed by atoms with van der Waals surface area (Å²) in [5, 5.41) is 17.7. The van der Waals surface area contributed by atoms with Gasteiger partial charge >= 0.3 is 0 Å². The van der Waals surface area contributed by atoms with Crippen molar-refractivity contribution < 1.29 is 14.5 Å². The molecule has 1 aliphatic heterocycles. The van der Waals surface area contributed by atoms with Gasteiger partial charge in [0.05, 0.1) is 12.2 Å². The van der Waals surface area contributed by atoms with Crippen LogP contribution in [0.25, 0.3) is 11.0 Å². The summed E-state index contributed by atoms with van der Waals surface area (Å²) in [6.07, 6.45) is -0.519. The first kappa shape index (κ1) is 12.5. The van der Waals surface area contributed by atoms with Crippen molar-refractivity contribution in [2.24, 2.45) is 0 Å². The molecule has 0 spiro atoms. The van der Waals surface area contributed by atoms with Gasteiger partial charge in [-0.1, -0.05) is 12.1 Å². The number of aromatic nitrogens is 2.